The highest BCUT2D eigenvalue weighted by molar-refractivity contribution is 5.95. The fourth-order valence-electron chi connectivity index (χ4n) is 9.89. The Bertz CT molecular complexity index is 2050. The molecule has 2 saturated heterocycles. The zero-order valence-corrected chi connectivity index (χ0v) is 36.7. The van der Waals surface area contributed by atoms with E-state index in [0.717, 1.165) is 6.92 Å². The van der Waals surface area contributed by atoms with Crippen LogP contribution in [0, 0.1) is 16.7 Å². The molecule has 0 unspecified atom stereocenters. The predicted molar refractivity (Wildman–Crippen MR) is 211 cm³/mol. The molecule has 64 heavy (non-hydrogen) atoms. The van der Waals surface area contributed by atoms with Crippen molar-refractivity contribution < 1.29 is 90.4 Å². The highest BCUT2D eigenvalue weighted by Crippen LogP contribution is 2.64. The molecular formula is C43H55F3N2O16. The van der Waals surface area contributed by atoms with Gasteiger partial charge in [-0.15, -0.1) is 0 Å². The van der Waals surface area contributed by atoms with Crippen molar-refractivity contribution in [2.45, 2.75) is 134 Å². The lowest BCUT2D eigenvalue weighted by Gasteiger charge is -2.67. The third-order valence-electron chi connectivity index (χ3n) is 13.2. The van der Waals surface area contributed by atoms with Gasteiger partial charge in [0.15, 0.2) is 29.6 Å². The third kappa shape index (κ3) is 8.56. The second-order valence-electron chi connectivity index (χ2n) is 18.7. The molecule has 6 rings (SSSR count). The summed E-state index contributed by atoms with van der Waals surface area (Å²) in [5.74, 6) is -6.63. The minimum Gasteiger partial charge on any atom is -0.456 e. The Kier molecular flexibility index (Phi) is 13.1. The van der Waals surface area contributed by atoms with E-state index in [-0.39, 0.29) is 49.4 Å². The van der Waals surface area contributed by atoms with Crippen LogP contribution in [-0.2, 0) is 47.5 Å². The molecule has 11 atom stereocenters. The Morgan fingerprint density at radius 2 is 1.61 bits per heavy atom. The van der Waals surface area contributed by atoms with Gasteiger partial charge in [0.2, 0.25) is 0 Å². The molecule has 21 heteroatoms. The van der Waals surface area contributed by atoms with Crippen LogP contribution in [0.15, 0.2) is 41.5 Å². The number of aliphatic hydroxyl groups excluding tert-OH is 2. The normalized spacial score (nSPS) is 33.3. The first-order valence-electron chi connectivity index (χ1n) is 20.8. The van der Waals surface area contributed by atoms with E-state index >= 15 is 4.79 Å². The average molecular weight is 913 g/mol. The van der Waals surface area contributed by atoms with Gasteiger partial charge in [-0.05, 0) is 57.9 Å². The summed E-state index contributed by atoms with van der Waals surface area (Å²) in [6.45, 7) is 10.5. The molecular weight excluding hydrogens is 857 g/mol. The van der Waals surface area contributed by atoms with Crippen LogP contribution in [0.4, 0.5) is 22.8 Å². The van der Waals surface area contributed by atoms with Crippen LogP contribution in [0.25, 0.3) is 0 Å². The Balaban J connectivity index is 1.56. The maximum atomic E-state index is 15.7. The van der Waals surface area contributed by atoms with Crippen LogP contribution in [0.2, 0.25) is 0 Å². The van der Waals surface area contributed by atoms with Gasteiger partial charge in [0.05, 0.1) is 42.8 Å². The molecule has 2 bridgehead atoms. The van der Waals surface area contributed by atoms with Crippen molar-refractivity contribution in [3.8, 4) is 0 Å². The first-order valence-corrected chi connectivity index (χ1v) is 20.8. The fourth-order valence-corrected chi connectivity index (χ4v) is 9.89. The summed E-state index contributed by atoms with van der Waals surface area (Å²) in [4.78, 5) is 84.5. The molecule has 1 aromatic rings. The number of carbonyl (C=O) groups excluding carboxylic acids is 6. The zero-order chi connectivity index (χ0) is 47.5. The Morgan fingerprint density at radius 3 is 2.16 bits per heavy atom. The molecule has 2 heterocycles. The fraction of sp³-hybridized carbons (Fsp3) is 0.674. The van der Waals surface area contributed by atoms with E-state index in [4.69, 9.17) is 33.2 Å². The van der Waals surface area contributed by atoms with Gasteiger partial charge in [-0.1, -0.05) is 32.0 Å². The number of amides is 2. The monoisotopic (exact) mass is 912 g/mol. The molecule has 18 nitrogen and oxygen atoms in total. The lowest BCUT2D eigenvalue weighted by Crippen LogP contribution is -2.82. The summed E-state index contributed by atoms with van der Waals surface area (Å²) >= 11 is 0. The van der Waals surface area contributed by atoms with Gasteiger partial charge < -0.3 is 58.7 Å². The number of hydrogen-bond acceptors (Lipinski definition) is 16. The summed E-state index contributed by atoms with van der Waals surface area (Å²) in [5.41, 5.74) is -10.3. The summed E-state index contributed by atoms with van der Waals surface area (Å²) < 4.78 is 83.4. The molecule has 2 aliphatic heterocycles. The van der Waals surface area contributed by atoms with Crippen LogP contribution < -0.4 is 5.32 Å². The van der Waals surface area contributed by atoms with Crippen molar-refractivity contribution in [3.05, 3.63) is 47.0 Å². The second-order valence-corrected chi connectivity index (χ2v) is 18.7. The topological polar surface area (TPSA) is 243 Å². The van der Waals surface area contributed by atoms with Gasteiger partial charge >= 0.3 is 36.3 Å². The lowest BCUT2D eigenvalue weighted by atomic mass is 9.44. The van der Waals surface area contributed by atoms with Crippen molar-refractivity contribution in [1.29, 1.82) is 0 Å². The maximum absolute atomic E-state index is 15.7. The van der Waals surface area contributed by atoms with Gasteiger partial charge in [0.1, 0.15) is 29.5 Å². The first-order chi connectivity index (χ1) is 29.6. The number of halogens is 3. The van der Waals surface area contributed by atoms with Crippen molar-refractivity contribution in [2.24, 2.45) is 16.7 Å². The van der Waals surface area contributed by atoms with Gasteiger partial charge in [-0.3, -0.25) is 9.59 Å². The number of morpholine rings is 1. The van der Waals surface area contributed by atoms with Gasteiger partial charge in [0.25, 0.3) is 0 Å². The SMILES string of the molecule is CC(=O)O[C@@]12CO[C@@H]1C[C@H](O)[C@@]1(C)C(=O)[C@H](OC(=O)N3CCOCC3)C3=C(C)[C@@H](OC(=O)[C@H](O)[C@@H](NC(=O)OC(C)(C)C)C(F)(F)F)C[C@@](O)([C@@H](OC(=O)c4ccccc4)[C@H]21)C3(C)C. The number of ketones is 1. The number of carbonyl (C=O) groups is 6. The molecule has 1 aromatic carbocycles. The molecule has 2 saturated carbocycles. The van der Waals surface area contributed by atoms with E-state index in [9.17, 15) is 52.5 Å². The van der Waals surface area contributed by atoms with Crippen molar-refractivity contribution in [2.75, 3.05) is 32.9 Å². The quantitative estimate of drug-likeness (QED) is 0.167. The number of Topliss-reactive ketones (excluding diaryl/α,β-unsaturated/α-hetero) is 1. The first kappa shape index (κ1) is 48.6. The molecule has 2 amide bonds. The van der Waals surface area contributed by atoms with Crippen molar-refractivity contribution in [1.82, 2.24) is 10.2 Å². The van der Waals surface area contributed by atoms with Crippen molar-refractivity contribution >= 4 is 35.9 Å². The number of ether oxygens (including phenoxy) is 7. The minimum absolute atomic E-state index is 0.0372. The molecule has 4 fully saturated rings. The van der Waals surface area contributed by atoms with E-state index in [2.05, 4.69) is 0 Å². The van der Waals surface area contributed by atoms with Crippen LogP contribution in [0.3, 0.4) is 0 Å². The number of aliphatic hydroxyl groups is 3. The van der Waals surface area contributed by atoms with Crippen LogP contribution in [-0.4, -0.2) is 155 Å². The van der Waals surface area contributed by atoms with E-state index in [1.165, 1.54) is 82.9 Å². The standard InChI is InChI=1S/C43H55F3N2O16/c1-21-24(60-35(54)28(51)31(43(44,45)46)47-36(55)64-38(3,4)5)19-42(57)33(62-34(53)23-12-10-9-11-13-23)30-40(8,25(50)18-26-41(30,20-59-26)63-22(2)49)32(52)29(27(21)39(42,6)7)61-37(56)48-14-16-58-17-15-48/h9-13,24-26,28-31,33,50-51,57H,14-20H2,1-8H3,(H,47,55)/t24-,25-,26+,28+,29+,30-,31+,33-,40+,41-,42+/m0/s1. The van der Waals surface area contributed by atoms with Crippen LogP contribution >= 0.6 is 0 Å². The van der Waals surface area contributed by atoms with E-state index in [1.807, 2.05) is 0 Å². The number of nitrogens with zero attached hydrogens (tertiary/aromatic N) is 1. The van der Waals surface area contributed by atoms with Crippen LogP contribution in [0.5, 0.6) is 0 Å². The Labute approximate surface area is 366 Å². The molecule has 0 spiro atoms. The number of hydrogen-bond donors (Lipinski definition) is 4. The van der Waals surface area contributed by atoms with Crippen molar-refractivity contribution in [3.63, 3.8) is 0 Å². The number of alkyl halides is 3. The second kappa shape index (κ2) is 17.2. The van der Waals surface area contributed by atoms with E-state index in [1.54, 1.807) is 6.07 Å². The lowest BCUT2D eigenvalue weighted by molar-refractivity contribution is -0.346. The largest absolute Gasteiger partial charge is 0.456 e. The summed E-state index contributed by atoms with van der Waals surface area (Å²) in [6.07, 6.45) is -21.2. The summed E-state index contributed by atoms with van der Waals surface area (Å²) in [7, 11) is 0. The number of benzene rings is 1. The summed E-state index contributed by atoms with van der Waals surface area (Å²) in [6, 6.07) is 4.16. The molecule has 0 radical (unpaired) electrons. The Morgan fingerprint density at radius 1 is 0.984 bits per heavy atom. The Hall–Kier alpha value is -4.83. The van der Waals surface area contributed by atoms with Crippen LogP contribution in [0.1, 0.15) is 78.6 Å². The maximum Gasteiger partial charge on any atom is 0.411 e. The number of nitrogens with one attached hydrogen (secondary N) is 1. The predicted octanol–water partition coefficient (Wildman–Crippen LogP) is 2.93. The molecule has 354 valence electrons. The molecule has 3 aliphatic carbocycles. The number of fused-ring (bicyclic) bond motifs is 5. The highest BCUT2D eigenvalue weighted by atomic mass is 19.4. The van der Waals surface area contributed by atoms with Gasteiger partial charge in [-0.25, -0.2) is 19.2 Å². The van der Waals surface area contributed by atoms with Gasteiger partial charge in [0, 0.05) is 38.3 Å². The number of esters is 3. The highest BCUT2D eigenvalue weighted by Gasteiger charge is 2.78. The smallest absolute Gasteiger partial charge is 0.411 e. The average Bonchev–Trinajstić information content (AvgIpc) is 3.20. The minimum atomic E-state index is -5.46. The number of rotatable bonds is 8. The third-order valence-corrected chi connectivity index (χ3v) is 13.2. The van der Waals surface area contributed by atoms with E-state index < -0.39 is 131 Å². The number of alkyl carbamates (subject to hydrolysis) is 1. The molecule has 5 aliphatic rings. The molecule has 0 aromatic heterocycles. The van der Waals surface area contributed by atoms with E-state index in [0.29, 0.717) is 0 Å². The zero-order valence-electron chi connectivity index (χ0n) is 36.7. The van der Waals surface area contributed by atoms with Gasteiger partial charge in [-0.2, -0.15) is 13.2 Å². The molecule has 4 N–H and O–H groups in total. The summed E-state index contributed by atoms with van der Waals surface area (Å²) in [5, 5.41) is 38.2.